The average Bonchev–Trinajstić information content (AvgIpc) is 3.35. The predicted molar refractivity (Wildman–Crippen MR) is 168 cm³/mol. The first-order valence-corrected chi connectivity index (χ1v) is 15.2. The van der Waals surface area contributed by atoms with Crippen molar-refractivity contribution >= 4 is 43.7 Å². The van der Waals surface area contributed by atoms with Gasteiger partial charge in [0.25, 0.3) is 5.91 Å². The van der Waals surface area contributed by atoms with Crippen LogP contribution in [-0.4, -0.2) is 67.7 Å². The second-order valence-electron chi connectivity index (χ2n) is 10.1. The maximum atomic E-state index is 14.2. The molecule has 1 aliphatic rings. The van der Waals surface area contributed by atoms with E-state index >= 15 is 0 Å². The zero-order chi connectivity index (χ0) is 29.2. The minimum Gasteiger partial charge on any atom is -0.494 e. The smallest absolute Gasteiger partial charge is 0.266 e. The molecule has 3 N–H and O–H groups in total. The van der Waals surface area contributed by atoms with Crippen molar-refractivity contribution in [2.24, 2.45) is 4.99 Å². The van der Waals surface area contributed by atoms with E-state index in [2.05, 4.69) is 47.6 Å². The molecule has 4 rings (SSSR count). The van der Waals surface area contributed by atoms with Crippen LogP contribution in [0.2, 0.25) is 0 Å². The molecule has 2 atom stereocenters. The van der Waals surface area contributed by atoms with Crippen LogP contribution in [0.1, 0.15) is 35.6 Å². The molecule has 1 amide bonds. The summed E-state index contributed by atoms with van der Waals surface area (Å²) in [6, 6.07) is 23.0. The number of halogens is 2. The summed E-state index contributed by atoms with van der Waals surface area (Å²) < 4.78 is 14.0. The number of amides is 1. The molecule has 10 heteroatoms. The van der Waals surface area contributed by atoms with Gasteiger partial charge in [0, 0.05) is 46.1 Å². The standard InChI is InChI=1S/C31H36Br2N4O4/c1-37(2)18-7-17-34-36-30(39)31(21-23-9-3-5-11-26(23)32)28(25-10-4-6-12-27(25)33)41-29(35-31)22-13-15-24(16-14-22)40-20-8-19-38/h3-6,9-16,28,34,38H,7-8,17-21H2,1-2H3,(H,36,39)/t28-,31-/m0/s1. The maximum Gasteiger partial charge on any atom is 0.266 e. The van der Waals surface area contributed by atoms with Crippen molar-refractivity contribution in [2.75, 3.05) is 40.4 Å². The molecule has 1 aliphatic heterocycles. The van der Waals surface area contributed by atoms with Gasteiger partial charge in [0.05, 0.1) is 6.61 Å². The summed E-state index contributed by atoms with van der Waals surface area (Å²) in [5.41, 5.74) is 7.23. The lowest BCUT2D eigenvalue weighted by atomic mass is 9.82. The van der Waals surface area contributed by atoms with Crippen LogP contribution in [0.5, 0.6) is 5.75 Å². The van der Waals surface area contributed by atoms with Crippen molar-refractivity contribution in [2.45, 2.75) is 30.9 Å². The van der Waals surface area contributed by atoms with E-state index < -0.39 is 11.6 Å². The maximum absolute atomic E-state index is 14.2. The Labute approximate surface area is 258 Å². The number of aliphatic hydroxyl groups excluding tert-OH is 1. The Kier molecular flexibility index (Phi) is 11.4. The van der Waals surface area contributed by atoms with E-state index in [1.54, 1.807) is 0 Å². The fraction of sp³-hybridized carbons (Fsp3) is 0.355. The number of ether oxygens (including phenoxy) is 2. The second kappa shape index (κ2) is 14.9. The molecule has 0 radical (unpaired) electrons. The number of hydrogen-bond donors (Lipinski definition) is 3. The number of carbonyl (C=O) groups excluding carboxylic acids is 1. The zero-order valence-electron chi connectivity index (χ0n) is 23.3. The van der Waals surface area contributed by atoms with Gasteiger partial charge in [-0.2, -0.15) is 0 Å². The number of benzene rings is 3. The summed E-state index contributed by atoms with van der Waals surface area (Å²) in [4.78, 5) is 21.4. The lowest BCUT2D eigenvalue weighted by molar-refractivity contribution is -0.130. The normalized spacial score (nSPS) is 18.2. The van der Waals surface area contributed by atoms with Crippen LogP contribution in [0.15, 0.2) is 86.7 Å². The van der Waals surface area contributed by atoms with Crippen LogP contribution in [-0.2, 0) is 16.0 Å². The predicted octanol–water partition coefficient (Wildman–Crippen LogP) is 5.04. The number of hydrazine groups is 1. The van der Waals surface area contributed by atoms with E-state index in [4.69, 9.17) is 19.6 Å². The highest BCUT2D eigenvalue weighted by atomic mass is 79.9. The summed E-state index contributed by atoms with van der Waals surface area (Å²) in [5.74, 6) is 0.780. The number of nitrogens with one attached hydrogen (secondary N) is 2. The van der Waals surface area contributed by atoms with E-state index in [0.29, 0.717) is 37.6 Å². The van der Waals surface area contributed by atoms with E-state index in [-0.39, 0.29) is 12.5 Å². The first kappa shape index (κ1) is 31.2. The lowest BCUT2D eigenvalue weighted by Gasteiger charge is -2.31. The van der Waals surface area contributed by atoms with Gasteiger partial charge in [-0.1, -0.05) is 68.3 Å². The van der Waals surface area contributed by atoms with Gasteiger partial charge in [0.2, 0.25) is 5.90 Å². The third kappa shape index (κ3) is 7.96. The molecular formula is C31H36Br2N4O4. The third-order valence-corrected chi connectivity index (χ3v) is 8.24. The molecule has 3 aromatic carbocycles. The topological polar surface area (TPSA) is 95.4 Å². The first-order valence-electron chi connectivity index (χ1n) is 13.6. The molecule has 0 spiro atoms. The largest absolute Gasteiger partial charge is 0.494 e. The van der Waals surface area contributed by atoms with Crippen LogP contribution in [0, 0.1) is 0 Å². The average molecular weight is 688 g/mol. The Balaban J connectivity index is 1.73. The monoisotopic (exact) mass is 686 g/mol. The van der Waals surface area contributed by atoms with Crippen LogP contribution in [0.4, 0.5) is 0 Å². The summed E-state index contributed by atoms with van der Waals surface area (Å²) in [6.07, 6.45) is 1.03. The fourth-order valence-electron chi connectivity index (χ4n) is 4.61. The van der Waals surface area contributed by atoms with Crippen molar-refractivity contribution in [3.63, 3.8) is 0 Å². The van der Waals surface area contributed by atoms with Crippen molar-refractivity contribution in [3.8, 4) is 5.75 Å². The highest BCUT2D eigenvalue weighted by Gasteiger charge is 2.54. The van der Waals surface area contributed by atoms with Crippen molar-refractivity contribution in [1.82, 2.24) is 15.8 Å². The molecular weight excluding hydrogens is 652 g/mol. The third-order valence-electron chi connectivity index (χ3n) is 6.74. The van der Waals surface area contributed by atoms with E-state index in [1.165, 1.54) is 0 Å². The Hall–Kier alpha value is -2.76. The van der Waals surface area contributed by atoms with Gasteiger partial charge in [-0.25, -0.2) is 10.4 Å². The number of aliphatic imine (C=N–C) groups is 1. The highest BCUT2D eigenvalue weighted by molar-refractivity contribution is 9.10. The Morgan fingerprint density at radius 2 is 1.73 bits per heavy atom. The van der Waals surface area contributed by atoms with Gasteiger partial charge >= 0.3 is 0 Å². The summed E-state index contributed by atoms with van der Waals surface area (Å²) >= 11 is 7.35. The summed E-state index contributed by atoms with van der Waals surface area (Å²) in [7, 11) is 4.04. The lowest BCUT2D eigenvalue weighted by Crippen LogP contribution is -2.54. The van der Waals surface area contributed by atoms with Gasteiger partial charge in [-0.05, 0) is 69.0 Å². The molecule has 8 nitrogen and oxygen atoms in total. The van der Waals surface area contributed by atoms with Crippen LogP contribution in [0.25, 0.3) is 0 Å². The molecule has 1 heterocycles. The molecule has 0 fully saturated rings. The first-order chi connectivity index (χ1) is 19.8. The summed E-state index contributed by atoms with van der Waals surface area (Å²) in [6.45, 7) is 2.01. The number of carbonyl (C=O) groups is 1. The zero-order valence-corrected chi connectivity index (χ0v) is 26.4. The molecule has 3 aromatic rings. The van der Waals surface area contributed by atoms with E-state index in [9.17, 15) is 4.79 Å². The van der Waals surface area contributed by atoms with Gasteiger partial charge < -0.3 is 19.5 Å². The van der Waals surface area contributed by atoms with Crippen LogP contribution < -0.4 is 15.6 Å². The summed E-state index contributed by atoms with van der Waals surface area (Å²) in [5, 5.41) is 9.03. The minimum absolute atomic E-state index is 0.0748. The van der Waals surface area contributed by atoms with E-state index in [0.717, 1.165) is 38.6 Å². The van der Waals surface area contributed by atoms with Crippen molar-refractivity contribution in [3.05, 3.63) is 98.4 Å². The minimum atomic E-state index is -1.31. The van der Waals surface area contributed by atoms with Crippen molar-refractivity contribution < 1.29 is 19.4 Å². The second-order valence-corrected chi connectivity index (χ2v) is 11.8. The number of aliphatic hydroxyl groups is 1. The molecule has 0 aliphatic carbocycles. The molecule has 0 bridgehead atoms. The number of rotatable bonds is 14. The quantitative estimate of drug-likeness (QED) is 0.162. The van der Waals surface area contributed by atoms with Crippen LogP contribution >= 0.6 is 31.9 Å². The fourth-order valence-corrected chi connectivity index (χ4v) is 5.53. The highest BCUT2D eigenvalue weighted by Crippen LogP contribution is 2.45. The molecule has 0 saturated heterocycles. The van der Waals surface area contributed by atoms with Gasteiger partial charge in [-0.15, -0.1) is 0 Å². The molecule has 218 valence electrons. The van der Waals surface area contributed by atoms with Gasteiger partial charge in [-0.3, -0.25) is 10.2 Å². The van der Waals surface area contributed by atoms with Gasteiger partial charge in [0.15, 0.2) is 11.6 Å². The SMILES string of the molecule is CN(C)CCCNNC(=O)[C@@]1(Cc2ccccc2Br)N=C(c2ccc(OCCCO)cc2)O[C@H]1c1ccccc1Br. The van der Waals surface area contributed by atoms with Crippen molar-refractivity contribution in [1.29, 1.82) is 0 Å². The molecule has 0 unspecified atom stereocenters. The number of hydrogen-bond acceptors (Lipinski definition) is 7. The Bertz CT molecular complexity index is 1340. The number of nitrogens with zero attached hydrogens (tertiary/aromatic N) is 2. The Morgan fingerprint density at radius 3 is 2.41 bits per heavy atom. The van der Waals surface area contributed by atoms with Crippen LogP contribution in [0.3, 0.4) is 0 Å². The molecule has 0 aromatic heterocycles. The Morgan fingerprint density at radius 1 is 1.02 bits per heavy atom. The van der Waals surface area contributed by atoms with Gasteiger partial charge in [0.1, 0.15) is 5.75 Å². The molecule has 41 heavy (non-hydrogen) atoms. The van der Waals surface area contributed by atoms with E-state index in [1.807, 2.05) is 86.9 Å². The molecule has 0 saturated carbocycles.